The zero-order chi connectivity index (χ0) is 17.4. The molecule has 5 nitrogen and oxygen atoms in total. The van der Waals surface area contributed by atoms with Crippen LogP contribution in [0.15, 0.2) is 65.6 Å². The number of thioether (sulfide) groups is 1. The van der Waals surface area contributed by atoms with Gasteiger partial charge in [0.2, 0.25) is 0 Å². The lowest BCUT2D eigenvalue weighted by Gasteiger charge is -2.20. The molecule has 0 saturated heterocycles. The lowest BCUT2D eigenvalue weighted by molar-refractivity contribution is -0.139. The maximum Gasteiger partial charge on any atom is 0.408 e. The average Bonchev–Trinajstić information content (AvgIpc) is 2.59. The third-order valence-electron chi connectivity index (χ3n) is 3.29. The molecule has 2 aromatic rings. The minimum Gasteiger partial charge on any atom is -0.480 e. The van der Waals surface area contributed by atoms with Gasteiger partial charge in [-0.1, -0.05) is 55.5 Å². The van der Waals surface area contributed by atoms with Crippen molar-refractivity contribution in [3.8, 4) is 0 Å². The fraction of sp³-hybridized carbons (Fsp3) is 0.222. The second-order valence-corrected chi connectivity index (χ2v) is 6.61. The van der Waals surface area contributed by atoms with Crippen LogP contribution in [0.2, 0.25) is 0 Å². The Hall–Kier alpha value is -2.47. The molecule has 6 heteroatoms. The minimum atomic E-state index is -1.09. The number of hydrogen-bond donors (Lipinski definition) is 2. The van der Waals surface area contributed by atoms with Gasteiger partial charge in [-0.2, -0.15) is 0 Å². The summed E-state index contributed by atoms with van der Waals surface area (Å²) in [4.78, 5) is 24.3. The van der Waals surface area contributed by atoms with Gasteiger partial charge in [0, 0.05) is 10.1 Å². The van der Waals surface area contributed by atoms with E-state index in [0.29, 0.717) is 0 Å². The van der Waals surface area contributed by atoms with Crippen LogP contribution in [0.1, 0.15) is 12.5 Å². The summed E-state index contributed by atoms with van der Waals surface area (Å²) in [7, 11) is 0. The smallest absolute Gasteiger partial charge is 0.408 e. The average molecular weight is 345 g/mol. The maximum absolute atomic E-state index is 11.9. The molecule has 0 aliphatic rings. The number of rotatable bonds is 7. The number of carbonyl (C=O) groups excluding carboxylic acids is 1. The highest BCUT2D eigenvalue weighted by atomic mass is 32.2. The molecule has 0 spiro atoms. The topological polar surface area (TPSA) is 75.6 Å². The fourth-order valence-corrected chi connectivity index (χ4v) is 3.12. The van der Waals surface area contributed by atoms with Crippen LogP contribution in [0.5, 0.6) is 0 Å². The Labute approximate surface area is 145 Å². The third-order valence-corrected chi connectivity index (χ3v) is 4.48. The van der Waals surface area contributed by atoms with Gasteiger partial charge in [0.05, 0.1) is 0 Å². The van der Waals surface area contributed by atoms with E-state index >= 15 is 0 Å². The molecule has 0 aliphatic carbocycles. The summed E-state index contributed by atoms with van der Waals surface area (Å²) >= 11 is 1.39. The molecule has 2 rings (SSSR count). The largest absolute Gasteiger partial charge is 0.480 e. The highest BCUT2D eigenvalue weighted by molar-refractivity contribution is 8.00. The second-order valence-electron chi connectivity index (χ2n) is 5.16. The molecule has 0 fully saturated rings. The first-order valence-electron chi connectivity index (χ1n) is 7.48. The molecular formula is C18H19NO4S. The van der Waals surface area contributed by atoms with E-state index in [1.54, 1.807) is 6.92 Å². The maximum atomic E-state index is 11.9. The van der Waals surface area contributed by atoms with Crippen molar-refractivity contribution in [1.82, 2.24) is 5.32 Å². The Morgan fingerprint density at radius 2 is 1.67 bits per heavy atom. The summed E-state index contributed by atoms with van der Waals surface area (Å²) < 4.78 is 5.09. The first-order chi connectivity index (χ1) is 11.6. The van der Waals surface area contributed by atoms with Crippen LogP contribution < -0.4 is 5.32 Å². The predicted molar refractivity (Wildman–Crippen MR) is 92.9 cm³/mol. The van der Waals surface area contributed by atoms with Crippen molar-refractivity contribution in [3.63, 3.8) is 0 Å². The molecule has 0 aromatic heterocycles. The zero-order valence-electron chi connectivity index (χ0n) is 13.2. The normalized spacial score (nSPS) is 12.9. The molecule has 24 heavy (non-hydrogen) atoms. The minimum absolute atomic E-state index is 0.0964. The number of carbonyl (C=O) groups is 2. The van der Waals surface area contributed by atoms with Gasteiger partial charge in [-0.05, 0) is 17.7 Å². The van der Waals surface area contributed by atoms with Crippen molar-refractivity contribution in [2.75, 3.05) is 0 Å². The molecule has 126 valence electrons. The Morgan fingerprint density at radius 1 is 1.08 bits per heavy atom. The molecule has 2 N–H and O–H groups in total. The van der Waals surface area contributed by atoms with E-state index in [4.69, 9.17) is 4.74 Å². The summed E-state index contributed by atoms with van der Waals surface area (Å²) in [6, 6.07) is 17.6. The highest BCUT2D eigenvalue weighted by Gasteiger charge is 2.27. The predicted octanol–water partition coefficient (Wildman–Crippen LogP) is 3.55. The number of ether oxygens (including phenoxy) is 1. The summed E-state index contributed by atoms with van der Waals surface area (Å²) in [5.74, 6) is -1.09. The molecule has 2 aromatic carbocycles. The van der Waals surface area contributed by atoms with Crippen LogP contribution in [-0.4, -0.2) is 28.5 Å². The molecule has 0 unspecified atom stereocenters. The zero-order valence-corrected chi connectivity index (χ0v) is 14.0. The van der Waals surface area contributed by atoms with E-state index in [-0.39, 0.29) is 11.9 Å². The molecule has 0 aliphatic heterocycles. The lowest BCUT2D eigenvalue weighted by atomic mass is 10.2. The molecular weight excluding hydrogens is 326 g/mol. The van der Waals surface area contributed by atoms with E-state index in [9.17, 15) is 14.7 Å². The number of benzene rings is 2. The van der Waals surface area contributed by atoms with E-state index in [0.717, 1.165) is 10.5 Å². The summed E-state index contributed by atoms with van der Waals surface area (Å²) in [6.45, 7) is 1.85. The van der Waals surface area contributed by atoms with Gasteiger partial charge < -0.3 is 15.2 Å². The van der Waals surface area contributed by atoms with Crippen LogP contribution in [0.25, 0.3) is 0 Å². The van der Waals surface area contributed by atoms with Crippen molar-refractivity contribution >= 4 is 23.8 Å². The van der Waals surface area contributed by atoms with E-state index in [1.165, 1.54) is 11.8 Å². The Bertz CT molecular complexity index is 663. The van der Waals surface area contributed by atoms with Gasteiger partial charge >= 0.3 is 12.1 Å². The van der Waals surface area contributed by atoms with Crippen LogP contribution in [0.4, 0.5) is 4.79 Å². The van der Waals surface area contributed by atoms with E-state index in [2.05, 4.69) is 5.32 Å². The van der Waals surface area contributed by atoms with Crippen molar-refractivity contribution in [3.05, 3.63) is 66.2 Å². The molecule has 2 atom stereocenters. The monoisotopic (exact) mass is 345 g/mol. The van der Waals surface area contributed by atoms with Gasteiger partial charge in [0.15, 0.2) is 0 Å². The Kier molecular flexibility index (Phi) is 6.69. The quantitative estimate of drug-likeness (QED) is 0.751. The first-order valence-corrected chi connectivity index (χ1v) is 8.36. The number of alkyl carbamates (subject to hydrolysis) is 1. The van der Waals surface area contributed by atoms with Crippen LogP contribution in [0.3, 0.4) is 0 Å². The standard InChI is InChI=1S/C18H19NO4S/c1-13(24-15-10-6-3-7-11-15)16(17(20)21)19-18(22)23-12-14-8-4-2-5-9-14/h2-11,13,16H,12H2,1H3,(H,19,22)(H,20,21)/t13-,16+/m1/s1. The highest BCUT2D eigenvalue weighted by Crippen LogP contribution is 2.25. The van der Waals surface area contributed by atoms with Crippen LogP contribution in [-0.2, 0) is 16.1 Å². The number of carboxylic acids is 1. The van der Waals surface area contributed by atoms with Crippen LogP contribution >= 0.6 is 11.8 Å². The van der Waals surface area contributed by atoms with Crippen molar-refractivity contribution in [1.29, 1.82) is 0 Å². The van der Waals surface area contributed by atoms with Crippen molar-refractivity contribution in [2.45, 2.75) is 29.7 Å². The fourth-order valence-electron chi connectivity index (χ4n) is 2.05. The van der Waals surface area contributed by atoms with Gasteiger partial charge in [0.1, 0.15) is 12.6 Å². The summed E-state index contributed by atoms with van der Waals surface area (Å²) in [6.07, 6.45) is -0.744. The Balaban J connectivity index is 1.90. The van der Waals surface area contributed by atoms with E-state index < -0.39 is 18.1 Å². The third kappa shape index (κ3) is 5.62. The number of hydrogen-bond acceptors (Lipinski definition) is 4. The molecule has 0 saturated carbocycles. The summed E-state index contributed by atoms with van der Waals surface area (Å²) in [5, 5.41) is 11.4. The SMILES string of the molecule is C[C@@H](Sc1ccccc1)[C@H](NC(=O)OCc1ccccc1)C(=O)O. The Morgan fingerprint density at radius 3 is 2.25 bits per heavy atom. The second kappa shape index (κ2) is 8.98. The van der Waals surface area contributed by atoms with Crippen LogP contribution in [0, 0.1) is 0 Å². The number of nitrogens with one attached hydrogen (secondary N) is 1. The first kappa shape index (κ1) is 17.9. The van der Waals surface area contributed by atoms with E-state index in [1.807, 2.05) is 60.7 Å². The molecule has 0 bridgehead atoms. The number of carboxylic acid groups (broad SMARTS) is 1. The molecule has 0 radical (unpaired) electrons. The van der Waals surface area contributed by atoms with Gasteiger partial charge in [0.25, 0.3) is 0 Å². The van der Waals surface area contributed by atoms with Crippen molar-refractivity contribution in [2.24, 2.45) is 0 Å². The molecule has 0 heterocycles. The van der Waals surface area contributed by atoms with Gasteiger partial charge in [-0.3, -0.25) is 0 Å². The van der Waals surface area contributed by atoms with Gasteiger partial charge in [-0.25, -0.2) is 9.59 Å². The lowest BCUT2D eigenvalue weighted by Crippen LogP contribution is -2.46. The number of aliphatic carboxylic acids is 1. The summed E-state index contributed by atoms with van der Waals surface area (Å²) in [5.41, 5.74) is 0.839. The van der Waals surface area contributed by atoms with Gasteiger partial charge in [-0.15, -0.1) is 11.8 Å². The number of amides is 1. The molecule has 1 amide bonds. The van der Waals surface area contributed by atoms with Crippen molar-refractivity contribution < 1.29 is 19.4 Å².